The first kappa shape index (κ1) is 21.9. The maximum Gasteiger partial charge on any atom is 0.230 e. The van der Waals surface area contributed by atoms with Crippen molar-refractivity contribution in [1.82, 2.24) is 20.1 Å². The van der Waals surface area contributed by atoms with Crippen molar-refractivity contribution in [3.05, 3.63) is 66.6 Å². The van der Waals surface area contributed by atoms with Crippen LogP contribution in [0.2, 0.25) is 0 Å². The molecule has 3 rings (SSSR count). The van der Waals surface area contributed by atoms with Crippen molar-refractivity contribution < 1.29 is 9.21 Å². The van der Waals surface area contributed by atoms with Gasteiger partial charge < -0.3 is 9.73 Å². The largest absolute Gasteiger partial charge is 0.469 e. The molecule has 0 spiro atoms. The van der Waals surface area contributed by atoms with Crippen LogP contribution in [0.1, 0.15) is 37.6 Å². The Morgan fingerprint density at radius 1 is 1.27 bits per heavy atom. The molecule has 3 aromatic rings. The van der Waals surface area contributed by atoms with Crippen LogP contribution in [-0.2, 0) is 11.3 Å². The van der Waals surface area contributed by atoms with E-state index in [9.17, 15) is 4.79 Å². The lowest BCUT2D eigenvalue weighted by atomic mass is 9.97. The van der Waals surface area contributed by atoms with Crippen molar-refractivity contribution in [2.24, 2.45) is 5.92 Å². The molecule has 7 heteroatoms. The van der Waals surface area contributed by atoms with E-state index in [1.54, 1.807) is 12.3 Å². The van der Waals surface area contributed by atoms with Gasteiger partial charge in [0.05, 0.1) is 23.6 Å². The van der Waals surface area contributed by atoms with Crippen LogP contribution < -0.4 is 5.32 Å². The van der Waals surface area contributed by atoms with Gasteiger partial charge in [0.25, 0.3) is 0 Å². The Hall–Kier alpha value is -2.80. The zero-order valence-electron chi connectivity index (χ0n) is 17.7. The fourth-order valence-corrected chi connectivity index (χ4v) is 4.07. The zero-order chi connectivity index (χ0) is 21.5. The Labute approximate surface area is 181 Å². The highest BCUT2D eigenvalue weighted by molar-refractivity contribution is 7.99. The number of furan rings is 1. The minimum Gasteiger partial charge on any atom is -0.469 e. The summed E-state index contributed by atoms with van der Waals surface area (Å²) in [6, 6.07) is 12.0. The monoisotopic (exact) mass is 424 g/mol. The van der Waals surface area contributed by atoms with Crippen LogP contribution in [0.5, 0.6) is 0 Å². The minimum atomic E-state index is -0.0244. The van der Waals surface area contributed by atoms with E-state index in [-0.39, 0.29) is 17.7 Å². The molecule has 2 heterocycles. The molecule has 2 aromatic heterocycles. The Morgan fingerprint density at radius 3 is 2.67 bits per heavy atom. The standard InChI is InChI=1S/C23H28N4O2S/c1-5-12-27-22(19-11-13-29-17(19)4)25-26-23(27)30-15-21(28)24-20(14-16(2)3)18-9-7-6-8-10-18/h5-11,13,16,20H,1,12,14-15H2,2-4H3,(H,24,28)/t20-/m1/s1. The summed E-state index contributed by atoms with van der Waals surface area (Å²) in [4.78, 5) is 12.7. The van der Waals surface area contributed by atoms with E-state index in [0.717, 1.165) is 23.3 Å². The first-order valence-corrected chi connectivity index (χ1v) is 11.0. The molecule has 0 radical (unpaired) electrons. The van der Waals surface area contributed by atoms with E-state index in [1.807, 2.05) is 35.8 Å². The molecule has 0 fully saturated rings. The van der Waals surface area contributed by atoms with Gasteiger partial charge in [0, 0.05) is 6.54 Å². The quantitative estimate of drug-likeness (QED) is 0.365. The van der Waals surface area contributed by atoms with Gasteiger partial charge in [-0.1, -0.05) is 62.0 Å². The minimum absolute atomic E-state index is 0.00511. The number of aryl methyl sites for hydroxylation is 1. The number of nitrogens with zero attached hydrogens (tertiary/aromatic N) is 3. The highest BCUT2D eigenvalue weighted by Crippen LogP contribution is 2.27. The van der Waals surface area contributed by atoms with Crippen molar-refractivity contribution in [2.45, 2.75) is 44.9 Å². The Bertz CT molecular complexity index is 978. The smallest absolute Gasteiger partial charge is 0.230 e. The second-order valence-corrected chi connectivity index (χ2v) is 8.49. The summed E-state index contributed by atoms with van der Waals surface area (Å²) < 4.78 is 7.35. The predicted octanol–water partition coefficient (Wildman–Crippen LogP) is 5.03. The number of nitrogens with one attached hydrogen (secondary N) is 1. The number of amides is 1. The maximum atomic E-state index is 12.7. The third kappa shape index (κ3) is 5.42. The van der Waals surface area contributed by atoms with Gasteiger partial charge in [0.1, 0.15) is 5.76 Å². The van der Waals surface area contributed by atoms with Gasteiger partial charge in [-0.15, -0.1) is 16.8 Å². The molecule has 158 valence electrons. The number of thioether (sulfide) groups is 1. The van der Waals surface area contributed by atoms with Crippen LogP contribution in [0.4, 0.5) is 0 Å². The fraction of sp³-hybridized carbons (Fsp3) is 0.348. The van der Waals surface area contributed by atoms with Crippen LogP contribution in [0.3, 0.4) is 0 Å². The summed E-state index contributed by atoms with van der Waals surface area (Å²) in [6.45, 7) is 10.6. The number of aromatic nitrogens is 3. The number of hydrogen-bond donors (Lipinski definition) is 1. The van der Waals surface area contributed by atoms with E-state index in [0.29, 0.717) is 23.4 Å². The molecule has 0 aliphatic heterocycles. The van der Waals surface area contributed by atoms with Crippen molar-refractivity contribution in [3.8, 4) is 11.4 Å². The highest BCUT2D eigenvalue weighted by Gasteiger charge is 2.19. The van der Waals surface area contributed by atoms with E-state index in [1.165, 1.54) is 11.8 Å². The summed E-state index contributed by atoms with van der Waals surface area (Å²) in [6.07, 6.45) is 4.31. The molecule has 0 unspecified atom stereocenters. The molecule has 1 N–H and O–H groups in total. The summed E-state index contributed by atoms with van der Waals surface area (Å²) in [5.41, 5.74) is 2.01. The lowest BCUT2D eigenvalue weighted by Gasteiger charge is -2.21. The van der Waals surface area contributed by atoms with Crippen LogP contribution in [-0.4, -0.2) is 26.4 Å². The van der Waals surface area contributed by atoms with Crippen LogP contribution in [0.25, 0.3) is 11.4 Å². The molecule has 0 saturated carbocycles. The van der Waals surface area contributed by atoms with Crippen LogP contribution >= 0.6 is 11.8 Å². The van der Waals surface area contributed by atoms with Crippen LogP contribution in [0, 0.1) is 12.8 Å². The van der Waals surface area contributed by atoms with E-state index in [2.05, 4.69) is 48.1 Å². The molecule has 0 saturated heterocycles. The highest BCUT2D eigenvalue weighted by atomic mass is 32.2. The Morgan fingerprint density at radius 2 is 2.03 bits per heavy atom. The first-order chi connectivity index (χ1) is 14.5. The summed E-state index contributed by atoms with van der Waals surface area (Å²) in [5.74, 6) is 2.21. The van der Waals surface area contributed by atoms with Gasteiger partial charge in [-0.25, -0.2) is 0 Å². The van der Waals surface area contributed by atoms with Gasteiger partial charge in [-0.2, -0.15) is 0 Å². The van der Waals surface area contributed by atoms with Crippen molar-refractivity contribution >= 4 is 17.7 Å². The SMILES string of the molecule is C=CCn1c(SCC(=O)N[C@H](CC(C)C)c2ccccc2)nnc1-c1ccoc1C. The van der Waals surface area contributed by atoms with Gasteiger partial charge in [0.15, 0.2) is 11.0 Å². The number of benzene rings is 1. The lowest BCUT2D eigenvalue weighted by molar-refractivity contribution is -0.119. The average molecular weight is 425 g/mol. The van der Waals surface area contributed by atoms with Crippen molar-refractivity contribution in [1.29, 1.82) is 0 Å². The predicted molar refractivity (Wildman–Crippen MR) is 120 cm³/mol. The molecule has 1 atom stereocenters. The second kappa shape index (κ2) is 10.3. The molecule has 1 amide bonds. The number of hydrogen-bond acceptors (Lipinski definition) is 5. The van der Waals surface area contributed by atoms with Crippen LogP contribution in [0.15, 0.2) is 64.9 Å². The number of rotatable bonds is 10. The van der Waals surface area contributed by atoms with Crippen molar-refractivity contribution in [3.63, 3.8) is 0 Å². The third-order valence-electron chi connectivity index (χ3n) is 4.70. The summed E-state index contributed by atoms with van der Waals surface area (Å²) in [5, 5.41) is 12.5. The van der Waals surface area contributed by atoms with Gasteiger partial charge in [0.2, 0.25) is 5.91 Å². The van der Waals surface area contributed by atoms with Gasteiger partial charge >= 0.3 is 0 Å². The number of carbonyl (C=O) groups is 1. The molecular weight excluding hydrogens is 396 g/mol. The third-order valence-corrected chi connectivity index (χ3v) is 5.67. The molecule has 0 aliphatic carbocycles. The normalized spacial score (nSPS) is 12.1. The van der Waals surface area contributed by atoms with E-state index in [4.69, 9.17) is 4.42 Å². The van der Waals surface area contributed by atoms with E-state index < -0.39 is 0 Å². The fourth-order valence-electron chi connectivity index (χ4n) is 3.31. The summed E-state index contributed by atoms with van der Waals surface area (Å²) >= 11 is 1.37. The molecule has 30 heavy (non-hydrogen) atoms. The average Bonchev–Trinajstić information content (AvgIpc) is 3.32. The maximum absolute atomic E-state index is 12.7. The molecule has 1 aromatic carbocycles. The lowest BCUT2D eigenvalue weighted by Crippen LogP contribution is -2.31. The van der Waals surface area contributed by atoms with Crippen molar-refractivity contribution in [2.75, 3.05) is 5.75 Å². The Balaban J connectivity index is 1.70. The number of carbonyl (C=O) groups excluding carboxylic acids is 1. The topological polar surface area (TPSA) is 73.0 Å². The molecule has 6 nitrogen and oxygen atoms in total. The second-order valence-electron chi connectivity index (χ2n) is 7.54. The molecule has 0 bridgehead atoms. The van der Waals surface area contributed by atoms with Gasteiger partial charge in [-0.3, -0.25) is 9.36 Å². The first-order valence-electron chi connectivity index (χ1n) is 10.0. The Kier molecular flexibility index (Phi) is 7.52. The van der Waals surface area contributed by atoms with Gasteiger partial charge in [-0.05, 0) is 30.9 Å². The molecule has 0 aliphatic rings. The zero-order valence-corrected chi connectivity index (χ0v) is 18.5. The molecular formula is C23H28N4O2S. The summed E-state index contributed by atoms with van der Waals surface area (Å²) in [7, 11) is 0. The number of allylic oxidation sites excluding steroid dienone is 1. The van der Waals surface area contributed by atoms with E-state index >= 15 is 0 Å².